The van der Waals surface area contributed by atoms with E-state index in [0.717, 1.165) is 24.3 Å². The molecule has 0 radical (unpaired) electrons. The van der Waals surface area contributed by atoms with Gasteiger partial charge in [-0.25, -0.2) is 13.5 Å². The van der Waals surface area contributed by atoms with Crippen molar-refractivity contribution in [1.29, 1.82) is 0 Å². The van der Waals surface area contributed by atoms with Gasteiger partial charge in [-0.2, -0.15) is 5.10 Å². The monoisotopic (exact) mass is 450 g/mol. The van der Waals surface area contributed by atoms with E-state index in [2.05, 4.69) is 5.10 Å². The molecule has 2 heterocycles. The number of nitro groups is 1. The number of hydrogen-bond acceptors (Lipinski definition) is 4. The predicted octanol–water partition coefficient (Wildman–Crippen LogP) is 4.73. The zero-order valence-corrected chi connectivity index (χ0v) is 16.4. The van der Waals surface area contributed by atoms with E-state index >= 15 is 0 Å². The Morgan fingerprint density at radius 2 is 1.73 bits per heavy atom. The van der Waals surface area contributed by atoms with Gasteiger partial charge in [0.1, 0.15) is 17.3 Å². The SMILES string of the molecule is O=c1ccc2c(cnn2-c2c(Cl)cc([N+](=O)[O-])cc2Cl)n1Cc1ccc(F)cc1F. The highest BCUT2D eigenvalue weighted by molar-refractivity contribution is 6.38. The van der Waals surface area contributed by atoms with Gasteiger partial charge < -0.3 is 4.57 Å². The Morgan fingerprint density at radius 1 is 1.03 bits per heavy atom. The number of nitro benzene ring substituents is 1. The molecule has 0 saturated carbocycles. The Bertz CT molecular complexity index is 1360. The van der Waals surface area contributed by atoms with Crippen molar-refractivity contribution in [3.8, 4) is 5.69 Å². The number of benzene rings is 2. The largest absolute Gasteiger partial charge is 0.301 e. The van der Waals surface area contributed by atoms with Crippen LogP contribution in [0.25, 0.3) is 16.7 Å². The Labute approximate surface area is 176 Å². The fourth-order valence-corrected chi connectivity index (χ4v) is 3.73. The minimum Gasteiger partial charge on any atom is -0.301 e. The van der Waals surface area contributed by atoms with E-state index in [1.807, 2.05) is 0 Å². The number of pyridine rings is 1. The third-order valence-electron chi connectivity index (χ3n) is 4.49. The van der Waals surface area contributed by atoms with Gasteiger partial charge >= 0.3 is 0 Å². The second kappa shape index (κ2) is 7.51. The van der Waals surface area contributed by atoms with Crippen molar-refractivity contribution in [3.05, 3.63) is 96.4 Å². The van der Waals surface area contributed by atoms with Crippen LogP contribution < -0.4 is 5.56 Å². The molecule has 2 aromatic carbocycles. The topological polar surface area (TPSA) is 83.0 Å². The Hall–Kier alpha value is -3.30. The summed E-state index contributed by atoms with van der Waals surface area (Å²) in [6.07, 6.45) is 1.37. The second-order valence-electron chi connectivity index (χ2n) is 6.34. The van der Waals surface area contributed by atoms with E-state index in [1.165, 1.54) is 33.6 Å². The highest BCUT2D eigenvalue weighted by atomic mass is 35.5. The molecular formula is C19H10Cl2F2N4O3. The van der Waals surface area contributed by atoms with Gasteiger partial charge in [-0.3, -0.25) is 14.9 Å². The van der Waals surface area contributed by atoms with Crippen LogP contribution in [0.4, 0.5) is 14.5 Å². The van der Waals surface area contributed by atoms with Crippen LogP contribution in [0.3, 0.4) is 0 Å². The normalized spacial score (nSPS) is 11.2. The molecule has 0 aliphatic carbocycles. The summed E-state index contributed by atoms with van der Waals surface area (Å²) in [5.74, 6) is -1.51. The van der Waals surface area contributed by atoms with E-state index in [-0.39, 0.29) is 33.5 Å². The average molecular weight is 451 g/mol. The lowest BCUT2D eigenvalue weighted by atomic mass is 10.2. The number of rotatable bonds is 4. The third kappa shape index (κ3) is 3.42. The zero-order chi connectivity index (χ0) is 21.6. The lowest BCUT2D eigenvalue weighted by molar-refractivity contribution is -0.384. The summed E-state index contributed by atoms with van der Waals surface area (Å²) < 4.78 is 29.9. The van der Waals surface area contributed by atoms with Crippen molar-refractivity contribution in [2.45, 2.75) is 6.54 Å². The van der Waals surface area contributed by atoms with Crippen LogP contribution in [0.15, 0.2) is 53.5 Å². The van der Waals surface area contributed by atoms with Gasteiger partial charge in [-0.15, -0.1) is 0 Å². The van der Waals surface area contributed by atoms with Crippen molar-refractivity contribution in [1.82, 2.24) is 14.3 Å². The van der Waals surface area contributed by atoms with Gasteiger partial charge in [0.05, 0.1) is 38.7 Å². The first-order chi connectivity index (χ1) is 14.3. The van der Waals surface area contributed by atoms with Gasteiger partial charge in [-0.1, -0.05) is 29.3 Å². The summed E-state index contributed by atoms with van der Waals surface area (Å²) in [7, 11) is 0. The van der Waals surface area contributed by atoms with Crippen LogP contribution in [0.2, 0.25) is 10.0 Å². The Morgan fingerprint density at radius 3 is 2.37 bits per heavy atom. The van der Waals surface area contributed by atoms with Gasteiger partial charge in [0.25, 0.3) is 11.2 Å². The van der Waals surface area contributed by atoms with Gasteiger partial charge in [0.15, 0.2) is 0 Å². The number of aromatic nitrogens is 3. The van der Waals surface area contributed by atoms with E-state index in [1.54, 1.807) is 0 Å². The first-order valence-electron chi connectivity index (χ1n) is 8.41. The number of hydrogen-bond donors (Lipinski definition) is 0. The molecule has 4 rings (SSSR count). The first kappa shape index (κ1) is 20.0. The molecule has 0 aliphatic heterocycles. The number of halogens is 4. The first-order valence-corrected chi connectivity index (χ1v) is 9.17. The summed E-state index contributed by atoms with van der Waals surface area (Å²) in [5.41, 5.74) is 0.356. The zero-order valence-electron chi connectivity index (χ0n) is 14.9. The molecular weight excluding hydrogens is 441 g/mol. The minimum absolute atomic E-state index is 0.0125. The third-order valence-corrected chi connectivity index (χ3v) is 5.07. The molecule has 0 amide bonds. The molecule has 30 heavy (non-hydrogen) atoms. The second-order valence-corrected chi connectivity index (χ2v) is 7.15. The molecule has 0 unspecified atom stereocenters. The Kier molecular flexibility index (Phi) is 5.00. The van der Waals surface area contributed by atoms with Crippen molar-refractivity contribution in [3.63, 3.8) is 0 Å². The van der Waals surface area contributed by atoms with Gasteiger partial charge in [-0.05, 0) is 12.1 Å². The molecule has 0 bridgehead atoms. The molecule has 0 saturated heterocycles. The van der Waals surface area contributed by atoms with Crippen molar-refractivity contribution in [2.24, 2.45) is 0 Å². The molecule has 0 N–H and O–H groups in total. The van der Waals surface area contributed by atoms with E-state index in [4.69, 9.17) is 23.2 Å². The van der Waals surface area contributed by atoms with Crippen LogP contribution in [0, 0.1) is 21.7 Å². The highest BCUT2D eigenvalue weighted by Crippen LogP contribution is 2.34. The maximum absolute atomic E-state index is 14.1. The highest BCUT2D eigenvalue weighted by Gasteiger charge is 2.19. The summed E-state index contributed by atoms with van der Waals surface area (Å²) in [6.45, 7) is -0.157. The van der Waals surface area contributed by atoms with Gasteiger partial charge in [0, 0.05) is 29.8 Å². The molecule has 7 nitrogen and oxygen atoms in total. The smallest absolute Gasteiger partial charge is 0.272 e. The predicted molar refractivity (Wildman–Crippen MR) is 107 cm³/mol. The number of non-ortho nitro benzene ring substituents is 1. The molecule has 2 aromatic heterocycles. The molecule has 0 spiro atoms. The van der Waals surface area contributed by atoms with E-state index in [0.29, 0.717) is 11.0 Å². The summed E-state index contributed by atoms with van der Waals surface area (Å²) >= 11 is 12.4. The quantitative estimate of drug-likeness (QED) is 0.332. The van der Waals surface area contributed by atoms with Crippen LogP contribution in [-0.2, 0) is 6.54 Å². The summed E-state index contributed by atoms with van der Waals surface area (Å²) in [4.78, 5) is 22.8. The molecule has 4 aromatic rings. The van der Waals surface area contributed by atoms with Crippen molar-refractivity contribution in [2.75, 3.05) is 0 Å². The van der Waals surface area contributed by atoms with Crippen molar-refractivity contribution < 1.29 is 13.7 Å². The summed E-state index contributed by atoms with van der Waals surface area (Å²) in [6, 6.07) is 8.11. The molecule has 0 aliphatic rings. The molecule has 0 fully saturated rings. The molecule has 152 valence electrons. The maximum Gasteiger partial charge on any atom is 0.272 e. The van der Waals surface area contributed by atoms with Crippen molar-refractivity contribution >= 4 is 39.9 Å². The number of fused-ring (bicyclic) bond motifs is 1. The molecule has 0 atom stereocenters. The average Bonchev–Trinajstić information content (AvgIpc) is 3.09. The van der Waals surface area contributed by atoms with Gasteiger partial charge in [0.2, 0.25) is 0 Å². The van der Waals surface area contributed by atoms with Crippen LogP contribution in [-0.4, -0.2) is 19.3 Å². The van der Waals surface area contributed by atoms with E-state index < -0.39 is 22.1 Å². The Balaban J connectivity index is 1.88. The lowest BCUT2D eigenvalue weighted by Crippen LogP contribution is -2.20. The fraction of sp³-hybridized carbons (Fsp3) is 0.0526. The minimum atomic E-state index is -0.784. The fourth-order valence-electron chi connectivity index (χ4n) is 3.09. The number of nitrogens with zero attached hydrogens (tertiary/aromatic N) is 4. The summed E-state index contributed by atoms with van der Waals surface area (Å²) in [5, 5.41) is 15.2. The van der Waals surface area contributed by atoms with Crippen LogP contribution >= 0.6 is 23.2 Å². The maximum atomic E-state index is 14.1. The van der Waals surface area contributed by atoms with Crippen LogP contribution in [0.5, 0.6) is 0 Å². The standard InChI is InChI=1S/C19H10Cl2F2N4O3/c20-13-6-12(27(29)30)7-14(21)19(13)26-16-3-4-18(28)25(17(16)8-24-26)9-10-1-2-11(22)5-15(10)23/h1-8H,9H2. The molecule has 11 heteroatoms. The van der Waals surface area contributed by atoms with E-state index in [9.17, 15) is 23.7 Å². The lowest BCUT2D eigenvalue weighted by Gasteiger charge is -2.11. The van der Waals surface area contributed by atoms with Crippen LogP contribution in [0.1, 0.15) is 5.56 Å².